The van der Waals surface area contributed by atoms with Gasteiger partial charge in [-0.3, -0.25) is 9.69 Å². The Balaban J connectivity index is 1.10. The van der Waals surface area contributed by atoms with Crippen molar-refractivity contribution >= 4 is 35.1 Å². The monoisotopic (exact) mass is 496 g/mol. The molecular weight excluding hydrogens is 463 g/mol. The number of benzene rings is 1. The molecule has 4 rings (SSSR count). The summed E-state index contributed by atoms with van der Waals surface area (Å²) < 4.78 is 5.85. The van der Waals surface area contributed by atoms with Crippen LogP contribution in [0.3, 0.4) is 0 Å². The Labute approximate surface area is 206 Å². The molecule has 33 heavy (non-hydrogen) atoms. The SMILES string of the molecule is O=C(CCC1CCN(C(=O)NC2CC2)CC1)NC[C@H]1CN(Cc2ccc(Cl)c(Cl)c2)CCO1. The third kappa shape index (κ3) is 7.74. The Morgan fingerprint density at radius 3 is 2.58 bits per heavy atom. The van der Waals surface area contributed by atoms with Gasteiger partial charge in [-0.25, -0.2) is 4.79 Å². The molecule has 7 nitrogen and oxygen atoms in total. The molecule has 1 aromatic rings. The molecule has 3 aliphatic rings. The number of likely N-dealkylation sites (tertiary alicyclic amines) is 1. The minimum atomic E-state index is -0.0151. The lowest BCUT2D eigenvalue weighted by Gasteiger charge is -2.33. The summed E-state index contributed by atoms with van der Waals surface area (Å²) in [6.45, 7) is 5.14. The number of amides is 3. The van der Waals surface area contributed by atoms with E-state index in [-0.39, 0.29) is 18.0 Å². The molecule has 1 atom stereocenters. The average molecular weight is 497 g/mol. The van der Waals surface area contributed by atoms with Crippen molar-refractivity contribution in [3.8, 4) is 0 Å². The molecule has 9 heteroatoms. The summed E-state index contributed by atoms with van der Waals surface area (Å²) >= 11 is 12.1. The van der Waals surface area contributed by atoms with Gasteiger partial charge < -0.3 is 20.3 Å². The molecular formula is C24H34Cl2N4O3. The second-order valence-electron chi connectivity index (χ2n) is 9.47. The van der Waals surface area contributed by atoms with Gasteiger partial charge in [0, 0.05) is 51.7 Å². The minimum Gasteiger partial charge on any atom is -0.374 e. The van der Waals surface area contributed by atoms with E-state index < -0.39 is 0 Å². The van der Waals surface area contributed by atoms with Crippen molar-refractivity contribution in [3.63, 3.8) is 0 Å². The van der Waals surface area contributed by atoms with Crippen LogP contribution in [-0.4, -0.2) is 73.2 Å². The van der Waals surface area contributed by atoms with Gasteiger partial charge in [0.05, 0.1) is 22.8 Å². The first-order valence-corrected chi connectivity index (χ1v) is 12.8. The quantitative estimate of drug-likeness (QED) is 0.575. The van der Waals surface area contributed by atoms with Crippen LogP contribution in [0.15, 0.2) is 18.2 Å². The van der Waals surface area contributed by atoms with E-state index in [9.17, 15) is 9.59 Å². The fraction of sp³-hybridized carbons (Fsp3) is 0.667. The number of carbonyl (C=O) groups is 2. The molecule has 0 radical (unpaired) electrons. The summed E-state index contributed by atoms with van der Waals surface area (Å²) in [5.74, 6) is 0.586. The van der Waals surface area contributed by atoms with Gasteiger partial charge in [-0.2, -0.15) is 0 Å². The summed E-state index contributed by atoms with van der Waals surface area (Å²) in [6.07, 6.45) is 5.55. The highest BCUT2D eigenvalue weighted by molar-refractivity contribution is 6.42. The number of nitrogens with zero attached hydrogens (tertiary/aromatic N) is 2. The Kier molecular flexibility index (Phi) is 8.74. The van der Waals surface area contributed by atoms with Crippen molar-refractivity contribution in [2.45, 2.75) is 57.2 Å². The molecule has 1 saturated carbocycles. The second-order valence-corrected chi connectivity index (χ2v) is 10.3. The molecule has 2 saturated heterocycles. The molecule has 2 N–H and O–H groups in total. The average Bonchev–Trinajstić information content (AvgIpc) is 3.63. The number of piperidine rings is 1. The van der Waals surface area contributed by atoms with Crippen molar-refractivity contribution in [1.82, 2.24) is 20.4 Å². The maximum atomic E-state index is 12.4. The normalized spacial score (nSPS) is 22.2. The maximum absolute atomic E-state index is 12.4. The van der Waals surface area contributed by atoms with Crippen LogP contribution in [0.1, 0.15) is 44.1 Å². The standard InChI is InChI=1S/C24H34Cl2N4O3/c25-21-5-1-18(13-22(21)26)15-29-11-12-33-20(16-29)14-27-23(31)6-2-17-7-9-30(10-8-17)24(32)28-19-3-4-19/h1,5,13,17,19-20H,2-4,6-12,14-16H2,(H,27,31)(H,28,32)/t20-/m0/s1. The van der Waals surface area contributed by atoms with Crippen LogP contribution in [0.2, 0.25) is 10.0 Å². The fourth-order valence-electron chi connectivity index (χ4n) is 4.51. The van der Waals surface area contributed by atoms with Crippen LogP contribution in [0.25, 0.3) is 0 Å². The summed E-state index contributed by atoms with van der Waals surface area (Å²) in [4.78, 5) is 28.8. The molecule has 2 aliphatic heterocycles. The van der Waals surface area contributed by atoms with Crippen molar-refractivity contribution in [1.29, 1.82) is 0 Å². The number of morpholine rings is 1. The fourth-order valence-corrected chi connectivity index (χ4v) is 4.83. The molecule has 0 aromatic heterocycles. The lowest BCUT2D eigenvalue weighted by atomic mass is 9.92. The predicted molar refractivity (Wildman–Crippen MR) is 130 cm³/mol. The van der Waals surface area contributed by atoms with E-state index in [4.69, 9.17) is 27.9 Å². The van der Waals surface area contributed by atoms with Gasteiger partial charge in [-0.1, -0.05) is 29.3 Å². The van der Waals surface area contributed by atoms with Crippen LogP contribution in [-0.2, 0) is 16.1 Å². The Morgan fingerprint density at radius 2 is 1.85 bits per heavy atom. The number of nitrogens with one attached hydrogen (secondary N) is 2. The van der Waals surface area contributed by atoms with E-state index >= 15 is 0 Å². The largest absolute Gasteiger partial charge is 0.374 e. The first kappa shape index (κ1) is 24.6. The van der Waals surface area contributed by atoms with Gasteiger partial charge in [-0.15, -0.1) is 0 Å². The summed E-state index contributed by atoms with van der Waals surface area (Å²) in [7, 11) is 0. The van der Waals surface area contributed by atoms with Gasteiger partial charge in [0.25, 0.3) is 0 Å². The molecule has 182 valence electrons. The highest BCUT2D eigenvalue weighted by Gasteiger charge is 2.28. The van der Waals surface area contributed by atoms with Crippen LogP contribution < -0.4 is 10.6 Å². The van der Waals surface area contributed by atoms with Crippen LogP contribution in [0.4, 0.5) is 4.79 Å². The van der Waals surface area contributed by atoms with Crippen molar-refractivity contribution in [3.05, 3.63) is 33.8 Å². The van der Waals surface area contributed by atoms with E-state index in [1.54, 1.807) is 0 Å². The van der Waals surface area contributed by atoms with Crippen molar-refractivity contribution in [2.75, 3.05) is 39.3 Å². The minimum absolute atomic E-state index is 0.0151. The molecule has 0 unspecified atom stereocenters. The zero-order chi connectivity index (χ0) is 23.2. The zero-order valence-electron chi connectivity index (χ0n) is 19.0. The molecule has 1 aromatic carbocycles. The summed E-state index contributed by atoms with van der Waals surface area (Å²) in [5.41, 5.74) is 1.12. The van der Waals surface area contributed by atoms with E-state index in [1.165, 1.54) is 0 Å². The number of hydrogen-bond acceptors (Lipinski definition) is 4. The van der Waals surface area contributed by atoms with E-state index in [2.05, 4.69) is 15.5 Å². The summed E-state index contributed by atoms with van der Waals surface area (Å²) in [5, 5.41) is 7.23. The lowest BCUT2D eigenvalue weighted by molar-refractivity contribution is -0.122. The Hall–Kier alpha value is -1.54. The highest BCUT2D eigenvalue weighted by atomic mass is 35.5. The third-order valence-corrected chi connectivity index (χ3v) is 7.47. The Bertz CT molecular complexity index is 828. The van der Waals surface area contributed by atoms with Crippen LogP contribution in [0, 0.1) is 5.92 Å². The lowest BCUT2D eigenvalue weighted by Crippen LogP contribution is -2.47. The highest BCUT2D eigenvalue weighted by Crippen LogP contribution is 2.25. The van der Waals surface area contributed by atoms with Crippen LogP contribution >= 0.6 is 23.2 Å². The van der Waals surface area contributed by atoms with E-state index in [0.29, 0.717) is 41.6 Å². The van der Waals surface area contributed by atoms with Crippen molar-refractivity contribution in [2.24, 2.45) is 5.92 Å². The van der Waals surface area contributed by atoms with Gasteiger partial charge in [0.1, 0.15) is 0 Å². The number of rotatable bonds is 8. The predicted octanol–water partition coefficient (Wildman–Crippen LogP) is 3.67. The zero-order valence-corrected chi connectivity index (χ0v) is 20.5. The molecule has 0 spiro atoms. The molecule has 3 amide bonds. The first-order valence-electron chi connectivity index (χ1n) is 12.1. The van der Waals surface area contributed by atoms with Crippen LogP contribution in [0.5, 0.6) is 0 Å². The second kappa shape index (κ2) is 11.7. The number of ether oxygens (including phenoxy) is 1. The van der Waals surface area contributed by atoms with E-state index in [1.807, 2.05) is 23.1 Å². The Morgan fingerprint density at radius 1 is 1.06 bits per heavy atom. The molecule has 1 aliphatic carbocycles. The van der Waals surface area contributed by atoms with E-state index in [0.717, 1.165) is 70.4 Å². The molecule has 3 fully saturated rings. The topological polar surface area (TPSA) is 73.9 Å². The van der Waals surface area contributed by atoms with Gasteiger partial charge in [0.15, 0.2) is 0 Å². The first-order chi connectivity index (χ1) is 16.0. The van der Waals surface area contributed by atoms with Gasteiger partial charge in [0.2, 0.25) is 5.91 Å². The molecule has 2 heterocycles. The maximum Gasteiger partial charge on any atom is 0.317 e. The van der Waals surface area contributed by atoms with Gasteiger partial charge in [-0.05, 0) is 55.7 Å². The van der Waals surface area contributed by atoms with Gasteiger partial charge >= 0.3 is 6.03 Å². The smallest absolute Gasteiger partial charge is 0.317 e. The summed E-state index contributed by atoms with van der Waals surface area (Å²) in [6, 6.07) is 6.19. The number of carbonyl (C=O) groups excluding carboxylic acids is 2. The number of urea groups is 1. The third-order valence-electron chi connectivity index (χ3n) is 6.73. The molecule has 0 bridgehead atoms. The number of halogens is 2. The van der Waals surface area contributed by atoms with Crippen molar-refractivity contribution < 1.29 is 14.3 Å². The number of hydrogen-bond donors (Lipinski definition) is 2.